The van der Waals surface area contributed by atoms with Gasteiger partial charge in [-0.25, -0.2) is 10.8 Å². The van der Waals surface area contributed by atoms with Crippen LogP contribution in [-0.2, 0) is 6.61 Å². The standard InChI is InChI=1S/C13H14ClN3O/c1-9-2-4-12(11(14)6-9)18-8-10-3-5-13(17-15)16-7-10/h2-7H,8,15H2,1H3,(H,16,17). The largest absolute Gasteiger partial charge is 0.487 e. The number of hydrogen-bond donors (Lipinski definition) is 2. The fraction of sp³-hybridized carbons (Fsp3) is 0.154. The Morgan fingerprint density at radius 1 is 1.33 bits per heavy atom. The summed E-state index contributed by atoms with van der Waals surface area (Å²) in [4.78, 5) is 4.10. The molecule has 0 fully saturated rings. The number of nitrogens with zero attached hydrogens (tertiary/aromatic N) is 1. The van der Waals surface area contributed by atoms with Gasteiger partial charge in [0.1, 0.15) is 18.2 Å². The molecule has 94 valence electrons. The van der Waals surface area contributed by atoms with E-state index in [0.717, 1.165) is 11.1 Å². The Morgan fingerprint density at radius 2 is 2.17 bits per heavy atom. The van der Waals surface area contributed by atoms with Crippen LogP contribution < -0.4 is 16.0 Å². The average Bonchev–Trinajstić information content (AvgIpc) is 2.38. The lowest BCUT2D eigenvalue weighted by atomic mass is 10.2. The normalized spacial score (nSPS) is 10.2. The molecule has 0 saturated carbocycles. The van der Waals surface area contributed by atoms with Crippen molar-refractivity contribution in [2.24, 2.45) is 5.84 Å². The molecule has 1 aromatic carbocycles. The minimum atomic E-state index is 0.417. The molecule has 5 heteroatoms. The smallest absolute Gasteiger partial charge is 0.139 e. The van der Waals surface area contributed by atoms with E-state index in [2.05, 4.69) is 10.4 Å². The molecule has 0 radical (unpaired) electrons. The molecule has 0 atom stereocenters. The van der Waals surface area contributed by atoms with E-state index in [1.807, 2.05) is 31.2 Å². The zero-order chi connectivity index (χ0) is 13.0. The molecule has 0 bridgehead atoms. The van der Waals surface area contributed by atoms with Crippen LogP contribution in [0.2, 0.25) is 5.02 Å². The van der Waals surface area contributed by atoms with Gasteiger partial charge in [-0.3, -0.25) is 0 Å². The summed E-state index contributed by atoms with van der Waals surface area (Å²) in [6.07, 6.45) is 1.71. The summed E-state index contributed by atoms with van der Waals surface area (Å²) in [5.74, 6) is 6.53. The van der Waals surface area contributed by atoms with Crippen molar-refractivity contribution in [1.29, 1.82) is 0 Å². The van der Waals surface area contributed by atoms with E-state index >= 15 is 0 Å². The second kappa shape index (κ2) is 5.71. The average molecular weight is 264 g/mol. The van der Waals surface area contributed by atoms with Gasteiger partial charge in [0.05, 0.1) is 5.02 Å². The SMILES string of the molecule is Cc1ccc(OCc2ccc(NN)nc2)c(Cl)c1. The number of nitrogen functional groups attached to an aromatic ring is 1. The number of pyridine rings is 1. The predicted octanol–water partition coefficient (Wildman–Crippen LogP) is 2.91. The van der Waals surface area contributed by atoms with E-state index in [1.165, 1.54) is 0 Å². The molecule has 1 aromatic heterocycles. The highest BCUT2D eigenvalue weighted by molar-refractivity contribution is 6.32. The summed E-state index contributed by atoms with van der Waals surface area (Å²) >= 11 is 6.08. The Kier molecular flexibility index (Phi) is 4.02. The lowest BCUT2D eigenvalue weighted by Gasteiger charge is -2.08. The van der Waals surface area contributed by atoms with E-state index in [1.54, 1.807) is 12.3 Å². The van der Waals surface area contributed by atoms with Gasteiger partial charge in [-0.05, 0) is 30.7 Å². The van der Waals surface area contributed by atoms with Gasteiger partial charge >= 0.3 is 0 Å². The number of hydrogen-bond acceptors (Lipinski definition) is 4. The van der Waals surface area contributed by atoms with Gasteiger partial charge in [0.15, 0.2) is 0 Å². The van der Waals surface area contributed by atoms with Gasteiger partial charge < -0.3 is 10.2 Å². The maximum absolute atomic E-state index is 6.08. The second-order valence-electron chi connectivity index (χ2n) is 3.92. The van der Waals surface area contributed by atoms with Crippen molar-refractivity contribution < 1.29 is 4.74 Å². The first-order valence-corrected chi connectivity index (χ1v) is 5.87. The van der Waals surface area contributed by atoms with Crippen LogP contribution in [0.15, 0.2) is 36.5 Å². The van der Waals surface area contributed by atoms with Crippen molar-refractivity contribution in [3.63, 3.8) is 0 Å². The van der Waals surface area contributed by atoms with Crippen LogP contribution in [0, 0.1) is 6.92 Å². The van der Waals surface area contributed by atoms with Gasteiger partial charge in [-0.1, -0.05) is 23.7 Å². The summed E-state index contributed by atoms with van der Waals surface area (Å²) < 4.78 is 5.63. The van der Waals surface area contributed by atoms with Gasteiger partial charge in [-0.2, -0.15) is 0 Å². The molecule has 0 spiro atoms. The van der Waals surface area contributed by atoms with Crippen molar-refractivity contribution in [1.82, 2.24) is 4.98 Å². The van der Waals surface area contributed by atoms with Crippen molar-refractivity contribution in [3.8, 4) is 5.75 Å². The van der Waals surface area contributed by atoms with E-state index in [-0.39, 0.29) is 0 Å². The lowest BCUT2D eigenvalue weighted by Crippen LogP contribution is -2.08. The summed E-state index contributed by atoms with van der Waals surface area (Å²) in [7, 11) is 0. The highest BCUT2D eigenvalue weighted by atomic mass is 35.5. The van der Waals surface area contributed by atoms with Crippen LogP contribution in [0.4, 0.5) is 5.82 Å². The Morgan fingerprint density at radius 3 is 2.78 bits per heavy atom. The molecule has 0 aliphatic heterocycles. The van der Waals surface area contributed by atoms with E-state index in [4.69, 9.17) is 22.2 Å². The molecule has 0 amide bonds. The van der Waals surface area contributed by atoms with E-state index < -0.39 is 0 Å². The third-order valence-corrected chi connectivity index (χ3v) is 2.75. The number of nitrogens with one attached hydrogen (secondary N) is 1. The fourth-order valence-electron chi connectivity index (χ4n) is 1.48. The molecule has 0 unspecified atom stereocenters. The van der Waals surface area contributed by atoms with Crippen LogP contribution in [0.25, 0.3) is 0 Å². The minimum absolute atomic E-state index is 0.417. The molecule has 4 nitrogen and oxygen atoms in total. The van der Waals surface area contributed by atoms with E-state index in [9.17, 15) is 0 Å². The first-order valence-electron chi connectivity index (χ1n) is 5.49. The third-order valence-electron chi connectivity index (χ3n) is 2.45. The maximum Gasteiger partial charge on any atom is 0.139 e. The van der Waals surface area contributed by atoms with Gasteiger partial charge in [0.25, 0.3) is 0 Å². The number of halogens is 1. The fourth-order valence-corrected chi connectivity index (χ4v) is 1.77. The van der Waals surface area contributed by atoms with Gasteiger partial charge in [-0.15, -0.1) is 0 Å². The maximum atomic E-state index is 6.08. The zero-order valence-electron chi connectivity index (χ0n) is 9.98. The van der Waals surface area contributed by atoms with Crippen molar-refractivity contribution in [2.75, 3.05) is 5.43 Å². The molecular formula is C13H14ClN3O. The van der Waals surface area contributed by atoms with Gasteiger partial charge in [0, 0.05) is 11.8 Å². The second-order valence-corrected chi connectivity index (χ2v) is 4.33. The Bertz CT molecular complexity index is 528. The molecular weight excluding hydrogens is 250 g/mol. The molecule has 0 aliphatic rings. The molecule has 3 N–H and O–H groups in total. The number of ether oxygens (including phenoxy) is 1. The summed E-state index contributed by atoms with van der Waals surface area (Å²) in [5.41, 5.74) is 4.52. The van der Waals surface area contributed by atoms with Gasteiger partial charge in [0.2, 0.25) is 0 Å². The highest BCUT2D eigenvalue weighted by Crippen LogP contribution is 2.25. The summed E-state index contributed by atoms with van der Waals surface area (Å²) in [6, 6.07) is 9.37. The number of rotatable bonds is 4. The third kappa shape index (κ3) is 3.12. The highest BCUT2D eigenvalue weighted by Gasteiger charge is 2.02. The molecule has 2 rings (SSSR count). The Hall–Kier alpha value is -1.78. The number of aromatic nitrogens is 1. The molecule has 0 aliphatic carbocycles. The Balaban J connectivity index is 2.02. The molecule has 18 heavy (non-hydrogen) atoms. The van der Waals surface area contributed by atoms with Crippen LogP contribution in [0.3, 0.4) is 0 Å². The first kappa shape index (κ1) is 12.7. The van der Waals surface area contributed by atoms with Crippen LogP contribution >= 0.6 is 11.6 Å². The topological polar surface area (TPSA) is 60.2 Å². The first-order chi connectivity index (χ1) is 8.69. The minimum Gasteiger partial charge on any atom is -0.487 e. The number of hydrazine groups is 1. The van der Waals surface area contributed by atoms with Crippen LogP contribution in [0.1, 0.15) is 11.1 Å². The quantitative estimate of drug-likeness (QED) is 0.658. The monoisotopic (exact) mass is 263 g/mol. The molecule has 2 aromatic rings. The number of benzene rings is 1. The van der Waals surface area contributed by atoms with Crippen molar-refractivity contribution in [2.45, 2.75) is 13.5 Å². The van der Waals surface area contributed by atoms with Crippen molar-refractivity contribution >= 4 is 17.4 Å². The van der Waals surface area contributed by atoms with Crippen molar-refractivity contribution in [3.05, 3.63) is 52.7 Å². The Labute approximate surface area is 111 Å². The van der Waals surface area contributed by atoms with Crippen LogP contribution in [0.5, 0.6) is 5.75 Å². The summed E-state index contributed by atoms with van der Waals surface area (Å²) in [6.45, 7) is 2.40. The van der Waals surface area contributed by atoms with Crippen LogP contribution in [-0.4, -0.2) is 4.98 Å². The number of aryl methyl sites for hydroxylation is 1. The number of nitrogens with two attached hydrogens (primary N) is 1. The predicted molar refractivity (Wildman–Crippen MR) is 72.6 cm³/mol. The molecule has 0 saturated heterocycles. The number of anilines is 1. The lowest BCUT2D eigenvalue weighted by molar-refractivity contribution is 0.306. The zero-order valence-corrected chi connectivity index (χ0v) is 10.7. The molecule has 1 heterocycles. The van der Waals surface area contributed by atoms with E-state index in [0.29, 0.717) is 23.2 Å². The summed E-state index contributed by atoms with van der Waals surface area (Å²) in [5, 5.41) is 0.614.